The van der Waals surface area contributed by atoms with Gasteiger partial charge in [-0.15, -0.1) is 11.8 Å². The van der Waals surface area contributed by atoms with Gasteiger partial charge >= 0.3 is 47.4 Å². The number of rotatable bonds is 6. The number of carbonyl (C=O) groups is 6. The first-order valence-electron chi connectivity index (χ1n) is 11.5. The zero-order chi connectivity index (χ0) is 26.4. The summed E-state index contributed by atoms with van der Waals surface area (Å²) in [6.45, 7) is 5.58. The Balaban J connectivity index is 0.00000380. The maximum absolute atomic E-state index is 13.3. The van der Waals surface area contributed by atoms with Gasteiger partial charge in [0.05, 0.1) is 12.0 Å². The summed E-state index contributed by atoms with van der Waals surface area (Å²) in [6.07, 6.45) is 0. The van der Waals surface area contributed by atoms with Crippen molar-refractivity contribution in [3.05, 3.63) is 35.9 Å². The number of carboxylic acid groups (broad SMARTS) is 1. The second-order valence-corrected chi connectivity index (χ2v) is 11.0. The standard InChI is InChI=1S/C23H27N5O7S.Na/c1-4-26-10-11-27(19(32)18(26)31)22(35)25-13(12-8-6-5-7-9-12)16(29)24-14-17(30)28-15(21(33)34)23(2,3)36-20(14)28;/h5-9,13-15,20H,4,10-11H2,1-3H3,(H,24,29)(H,25,35)(H,33,34);/q;+1/p-1/t13-,14+,15-,20+;/m0./s1. The van der Waals surface area contributed by atoms with E-state index in [9.17, 15) is 33.9 Å². The second kappa shape index (κ2) is 11.0. The Morgan fingerprint density at radius 2 is 1.76 bits per heavy atom. The van der Waals surface area contributed by atoms with Crippen molar-refractivity contribution in [3.63, 3.8) is 0 Å². The summed E-state index contributed by atoms with van der Waals surface area (Å²) in [5, 5.41) is 16.1. The summed E-state index contributed by atoms with van der Waals surface area (Å²) >= 11 is 1.24. The normalized spacial score (nSPS) is 25.0. The molecular formula is C23H26N5NaO7S. The Morgan fingerprint density at radius 3 is 2.35 bits per heavy atom. The summed E-state index contributed by atoms with van der Waals surface area (Å²) in [5.74, 6) is -4.44. The minimum Gasteiger partial charge on any atom is -0.548 e. The molecule has 2 N–H and O–H groups in total. The topological polar surface area (TPSA) is 159 Å². The van der Waals surface area contributed by atoms with Crippen LogP contribution in [0.25, 0.3) is 0 Å². The van der Waals surface area contributed by atoms with Crippen LogP contribution in [0.5, 0.6) is 0 Å². The molecule has 0 unspecified atom stereocenters. The van der Waals surface area contributed by atoms with Crippen molar-refractivity contribution in [2.24, 2.45) is 0 Å². The molecule has 0 bridgehead atoms. The van der Waals surface area contributed by atoms with Crippen LogP contribution in [0.15, 0.2) is 30.3 Å². The number of likely N-dealkylation sites (N-methyl/N-ethyl adjacent to an activating group) is 1. The quantitative estimate of drug-likeness (QED) is 0.208. The Hall–Kier alpha value is -2.61. The molecule has 1 aromatic rings. The van der Waals surface area contributed by atoms with E-state index in [2.05, 4.69) is 10.6 Å². The molecule has 192 valence electrons. The van der Waals surface area contributed by atoms with Crippen molar-refractivity contribution >= 4 is 47.4 Å². The third-order valence-electron chi connectivity index (χ3n) is 6.56. The van der Waals surface area contributed by atoms with Gasteiger partial charge in [-0.2, -0.15) is 0 Å². The molecule has 4 rings (SSSR count). The van der Waals surface area contributed by atoms with E-state index in [0.29, 0.717) is 12.1 Å². The third kappa shape index (κ3) is 5.22. The Kier molecular flexibility index (Phi) is 8.62. The van der Waals surface area contributed by atoms with Crippen LogP contribution in [0.3, 0.4) is 0 Å². The Labute approximate surface area is 239 Å². The number of urea groups is 1. The van der Waals surface area contributed by atoms with Crippen LogP contribution in [0.2, 0.25) is 0 Å². The molecule has 3 saturated heterocycles. The first-order chi connectivity index (χ1) is 17.0. The fourth-order valence-corrected chi connectivity index (χ4v) is 6.30. The average Bonchev–Trinajstić information content (AvgIpc) is 3.10. The maximum atomic E-state index is 13.3. The Morgan fingerprint density at radius 1 is 1.11 bits per heavy atom. The minimum absolute atomic E-state index is 0. The molecule has 0 spiro atoms. The maximum Gasteiger partial charge on any atom is 1.00 e. The van der Waals surface area contributed by atoms with Crippen molar-refractivity contribution in [2.75, 3.05) is 19.6 Å². The van der Waals surface area contributed by atoms with Gasteiger partial charge in [-0.3, -0.25) is 24.1 Å². The molecule has 12 nitrogen and oxygen atoms in total. The van der Waals surface area contributed by atoms with E-state index in [-0.39, 0.29) is 42.6 Å². The molecule has 3 aliphatic heterocycles. The van der Waals surface area contributed by atoms with Gasteiger partial charge in [0.25, 0.3) is 0 Å². The molecule has 6 amide bonds. The SMILES string of the molecule is CCN1CCN(C(=O)N[C@H](C(=O)N[C@@H]2C(=O)N3[C@@H]2SC(C)(C)[C@@H]3C(=O)[O-])c2ccccc2)C(=O)C1=O.[Na+]. The van der Waals surface area contributed by atoms with E-state index in [1.807, 2.05) is 0 Å². The van der Waals surface area contributed by atoms with Gasteiger partial charge in [0.15, 0.2) is 0 Å². The molecule has 37 heavy (non-hydrogen) atoms. The zero-order valence-electron chi connectivity index (χ0n) is 20.9. The van der Waals surface area contributed by atoms with E-state index in [1.165, 1.54) is 21.6 Å². The van der Waals surface area contributed by atoms with E-state index in [0.717, 1.165) is 4.90 Å². The van der Waals surface area contributed by atoms with Crippen molar-refractivity contribution in [1.29, 1.82) is 0 Å². The summed E-state index contributed by atoms with van der Waals surface area (Å²) in [6, 6.07) is 3.92. The predicted octanol–water partition coefficient (Wildman–Crippen LogP) is -4.57. The number of thioether (sulfide) groups is 1. The van der Waals surface area contributed by atoms with E-state index in [1.54, 1.807) is 51.1 Å². The van der Waals surface area contributed by atoms with Crippen molar-refractivity contribution < 1.29 is 63.4 Å². The molecule has 1 aromatic carbocycles. The van der Waals surface area contributed by atoms with Gasteiger partial charge in [0, 0.05) is 24.4 Å². The number of amides is 6. The van der Waals surface area contributed by atoms with Gasteiger partial charge in [-0.25, -0.2) is 4.79 Å². The van der Waals surface area contributed by atoms with Gasteiger partial charge < -0.3 is 30.3 Å². The van der Waals surface area contributed by atoms with Crippen molar-refractivity contribution in [1.82, 2.24) is 25.3 Å². The summed E-state index contributed by atoms with van der Waals surface area (Å²) in [7, 11) is 0. The fraction of sp³-hybridized carbons (Fsp3) is 0.478. The number of benzene rings is 1. The number of hydrogen-bond donors (Lipinski definition) is 2. The predicted molar refractivity (Wildman–Crippen MR) is 125 cm³/mol. The summed E-state index contributed by atoms with van der Waals surface area (Å²) in [5.41, 5.74) is 0.393. The number of piperazine rings is 1. The molecule has 3 heterocycles. The molecule has 3 aliphatic rings. The van der Waals surface area contributed by atoms with Crippen molar-refractivity contribution in [3.8, 4) is 0 Å². The van der Waals surface area contributed by atoms with Crippen LogP contribution in [-0.4, -0.2) is 92.2 Å². The first-order valence-corrected chi connectivity index (χ1v) is 12.3. The number of nitrogens with zero attached hydrogens (tertiary/aromatic N) is 3. The zero-order valence-corrected chi connectivity index (χ0v) is 23.7. The molecule has 14 heteroatoms. The number of nitrogens with one attached hydrogen (secondary N) is 2. The second-order valence-electron chi connectivity index (χ2n) is 9.20. The van der Waals surface area contributed by atoms with Crippen molar-refractivity contribution in [2.45, 2.75) is 49.0 Å². The summed E-state index contributed by atoms with van der Waals surface area (Å²) < 4.78 is -0.820. The van der Waals surface area contributed by atoms with Crippen LogP contribution in [-0.2, 0) is 24.0 Å². The van der Waals surface area contributed by atoms with Crippen LogP contribution in [0.4, 0.5) is 4.79 Å². The number of carbonyl (C=O) groups excluding carboxylic acids is 6. The number of imide groups is 1. The first kappa shape index (κ1) is 29.0. The van der Waals surface area contributed by atoms with E-state index < -0.39 is 63.9 Å². The van der Waals surface area contributed by atoms with E-state index in [4.69, 9.17) is 0 Å². The van der Waals surface area contributed by atoms with Gasteiger partial charge in [0.2, 0.25) is 11.8 Å². The largest absolute Gasteiger partial charge is 1.00 e. The third-order valence-corrected chi connectivity index (χ3v) is 8.13. The monoisotopic (exact) mass is 539 g/mol. The molecule has 3 fully saturated rings. The van der Waals surface area contributed by atoms with Crippen LogP contribution in [0, 0.1) is 0 Å². The average molecular weight is 540 g/mol. The van der Waals surface area contributed by atoms with Gasteiger partial charge in [-0.05, 0) is 26.3 Å². The molecular weight excluding hydrogens is 513 g/mol. The molecule has 0 aromatic heterocycles. The molecule has 0 saturated carbocycles. The van der Waals surface area contributed by atoms with E-state index >= 15 is 0 Å². The van der Waals surface area contributed by atoms with Crippen LogP contribution >= 0.6 is 11.8 Å². The number of hydrogen-bond acceptors (Lipinski definition) is 8. The van der Waals surface area contributed by atoms with Gasteiger partial charge in [-0.1, -0.05) is 30.3 Å². The van der Waals surface area contributed by atoms with Gasteiger partial charge in [0.1, 0.15) is 17.5 Å². The molecule has 4 atom stereocenters. The number of carboxylic acids is 1. The number of aliphatic carboxylic acids is 1. The summed E-state index contributed by atoms with van der Waals surface area (Å²) in [4.78, 5) is 78.6. The number of fused-ring (bicyclic) bond motifs is 1. The van der Waals surface area contributed by atoms with Crippen LogP contribution < -0.4 is 45.3 Å². The minimum atomic E-state index is -1.37. The smallest absolute Gasteiger partial charge is 0.548 e. The Bertz CT molecular complexity index is 1130. The molecule has 0 radical (unpaired) electrons. The van der Waals surface area contributed by atoms with Crippen LogP contribution in [0.1, 0.15) is 32.4 Å². The molecule has 0 aliphatic carbocycles. The number of β-lactam (4-membered cyclic amide) rings is 1. The fourth-order valence-electron chi connectivity index (χ4n) is 4.68.